The van der Waals surface area contributed by atoms with Gasteiger partial charge in [0.05, 0.1) is 18.1 Å². The first-order chi connectivity index (χ1) is 12.4. The molecule has 2 rings (SSSR count). The molecule has 0 aliphatic heterocycles. The zero-order valence-corrected chi connectivity index (χ0v) is 16.6. The van der Waals surface area contributed by atoms with Crippen LogP contribution < -0.4 is 10.2 Å². The van der Waals surface area contributed by atoms with E-state index in [1.807, 2.05) is 38.1 Å². The second-order valence-electron chi connectivity index (χ2n) is 6.52. The highest BCUT2D eigenvalue weighted by Gasteiger charge is 2.02. The maximum Gasteiger partial charge on any atom is 0.250 e. The average molecular weight is 371 g/mol. The molecule has 0 aliphatic carbocycles. The second kappa shape index (κ2) is 10.0. The topological polar surface area (TPSA) is 50.7 Å². The van der Waals surface area contributed by atoms with Gasteiger partial charge in [-0.2, -0.15) is 5.10 Å². The predicted molar refractivity (Wildman–Crippen MR) is 110 cm³/mol. The molecule has 2 aromatic rings. The molecule has 1 amide bonds. The molecule has 5 heteroatoms. The second-order valence-corrected chi connectivity index (χ2v) is 7.50. The minimum absolute atomic E-state index is 0.101. The van der Waals surface area contributed by atoms with E-state index in [0.717, 1.165) is 17.1 Å². The van der Waals surface area contributed by atoms with Crippen molar-refractivity contribution in [1.29, 1.82) is 0 Å². The number of hydrazone groups is 1. The summed E-state index contributed by atoms with van der Waals surface area (Å²) in [7, 11) is 0. The number of thioether (sulfide) groups is 1. The lowest BCUT2D eigenvalue weighted by atomic mass is 10.1. The number of carbonyl (C=O) groups is 1. The standard InChI is InChI=1S/C21H26N2O2S/c1-15(2)25-20-7-5-18(6-8-20)12-22-23-21(24)14-26-13-19-10-16(3)9-17(4)11-19/h5-12,15H,13-14H2,1-4H3,(H,23,24)/b22-12+. The van der Waals surface area contributed by atoms with E-state index < -0.39 is 0 Å². The zero-order valence-electron chi connectivity index (χ0n) is 15.8. The number of ether oxygens (including phenoxy) is 1. The van der Waals surface area contributed by atoms with Gasteiger partial charge in [0.1, 0.15) is 5.75 Å². The van der Waals surface area contributed by atoms with Crippen LogP contribution in [0.15, 0.2) is 47.6 Å². The van der Waals surface area contributed by atoms with Crippen molar-refractivity contribution < 1.29 is 9.53 Å². The average Bonchev–Trinajstić information content (AvgIpc) is 2.55. The maximum atomic E-state index is 11.9. The molecule has 0 aromatic heterocycles. The van der Waals surface area contributed by atoms with Crippen LogP contribution in [-0.2, 0) is 10.5 Å². The summed E-state index contributed by atoms with van der Waals surface area (Å²) in [5, 5.41) is 4.01. The van der Waals surface area contributed by atoms with Gasteiger partial charge in [-0.05, 0) is 63.1 Å². The Labute approximate surface area is 160 Å². The Hall–Kier alpha value is -2.27. The van der Waals surface area contributed by atoms with Gasteiger partial charge < -0.3 is 4.74 Å². The van der Waals surface area contributed by atoms with Gasteiger partial charge in [-0.25, -0.2) is 5.43 Å². The Morgan fingerprint density at radius 1 is 1.15 bits per heavy atom. The highest BCUT2D eigenvalue weighted by atomic mass is 32.2. The molecule has 0 aliphatic rings. The highest BCUT2D eigenvalue weighted by Crippen LogP contribution is 2.16. The van der Waals surface area contributed by atoms with Crippen molar-refractivity contribution in [1.82, 2.24) is 5.43 Å². The number of hydrogen-bond donors (Lipinski definition) is 1. The minimum Gasteiger partial charge on any atom is -0.491 e. The summed E-state index contributed by atoms with van der Waals surface area (Å²) >= 11 is 1.58. The first kappa shape index (κ1) is 20.0. The van der Waals surface area contributed by atoms with Gasteiger partial charge in [0.15, 0.2) is 0 Å². The molecule has 0 saturated carbocycles. The number of aryl methyl sites for hydroxylation is 2. The van der Waals surface area contributed by atoms with Crippen molar-refractivity contribution >= 4 is 23.9 Å². The summed E-state index contributed by atoms with van der Waals surface area (Å²) < 4.78 is 5.59. The molecule has 0 saturated heterocycles. The van der Waals surface area contributed by atoms with Gasteiger partial charge in [-0.15, -0.1) is 11.8 Å². The molecular formula is C21H26N2O2S. The Balaban J connectivity index is 1.73. The van der Waals surface area contributed by atoms with E-state index in [1.54, 1.807) is 18.0 Å². The van der Waals surface area contributed by atoms with Crippen LogP contribution in [0.5, 0.6) is 5.75 Å². The third kappa shape index (κ3) is 7.31. The molecule has 0 fully saturated rings. The molecule has 0 atom stereocenters. The number of rotatable bonds is 8. The maximum absolute atomic E-state index is 11.9. The van der Waals surface area contributed by atoms with E-state index in [-0.39, 0.29) is 12.0 Å². The quantitative estimate of drug-likeness (QED) is 0.551. The Bertz CT molecular complexity index is 735. The number of hydrogen-bond acceptors (Lipinski definition) is 4. The van der Waals surface area contributed by atoms with E-state index >= 15 is 0 Å². The number of amides is 1. The molecule has 4 nitrogen and oxygen atoms in total. The van der Waals surface area contributed by atoms with Gasteiger partial charge in [-0.3, -0.25) is 4.79 Å². The molecule has 0 spiro atoms. The van der Waals surface area contributed by atoms with Crippen LogP contribution >= 0.6 is 11.8 Å². The molecule has 0 unspecified atom stereocenters. The molecule has 1 N–H and O–H groups in total. The number of benzene rings is 2. The number of nitrogens with one attached hydrogen (secondary N) is 1. The molecule has 138 valence electrons. The highest BCUT2D eigenvalue weighted by molar-refractivity contribution is 7.99. The van der Waals surface area contributed by atoms with Gasteiger partial charge in [0.25, 0.3) is 0 Å². The molecule has 26 heavy (non-hydrogen) atoms. The summed E-state index contributed by atoms with van der Waals surface area (Å²) in [5.74, 6) is 1.92. The Morgan fingerprint density at radius 3 is 2.42 bits per heavy atom. The first-order valence-electron chi connectivity index (χ1n) is 8.66. The fraction of sp³-hybridized carbons (Fsp3) is 0.333. The number of nitrogens with zero attached hydrogens (tertiary/aromatic N) is 1. The van der Waals surface area contributed by atoms with E-state index in [0.29, 0.717) is 5.75 Å². The van der Waals surface area contributed by atoms with Gasteiger partial charge in [-0.1, -0.05) is 29.3 Å². The molecule has 0 heterocycles. The first-order valence-corrected chi connectivity index (χ1v) is 9.81. The largest absolute Gasteiger partial charge is 0.491 e. The summed E-state index contributed by atoms with van der Waals surface area (Å²) in [5.41, 5.74) is 7.21. The van der Waals surface area contributed by atoms with E-state index in [2.05, 4.69) is 42.6 Å². The van der Waals surface area contributed by atoms with Crippen LogP contribution in [-0.4, -0.2) is 24.0 Å². The normalized spacial score (nSPS) is 11.1. The summed E-state index contributed by atoms with van der Waals surface area (Å²) in [4.78, 5) is 11.9. The molecule has 0 radical (unpaired) electrons. The lowest BCUT2D eigenvalue weighted by molar-refractivity contribution is -0.118. The van der Waals surface area contributed by atoms with Gasteiger partial charge in [0.2, 0.25) is 5.91 Å². The minimum atomic E-state index is -0.101. The van der Waals surface area contributed by atoms with Crippen molar-refractivity contribution in [3.63, 3.8) is 0 Å². The molecule has 2 aromatic carbocycles. The van der Waals surface area contributed by atoms with E-state index in [1.165, 1.54) is 16.7 Å². The lowest BCUT2D eigenvalue weighted by Gasteiger charge is -2.09. The monoisotopic (exact) mass is 370 g/mol. The van der Waals surface area contributed by atoms with Crippen molar-refractivity contribution in [2.75, 3.05) is 5.75 Å². The van der Waals surface area contributed by atoms with Crippen LogP contribution in [0.1, 0.15) is 36.1 Å². The van der Waals surface area contributed by atoms with Crippen LogP contribution in [0.3, 0.4) is 0 Å². The van der Waals surface area contributed by atoms with Crippen molar-refractivity contribution in [2.24, 2.45) is 5.10 Å². The Morgan fingerprint density at radius 2 is 1.81 bits per heavy atom. The number of carbonyl (C=O) groups excluding carboxylic acids is 1. The van der Waals surface area contributed by atoms with E-state index in [4.69, 9.17) is 4.74 Å². The summed E-state index contributed by atoms with van der Waals surface area (Å²) in [6, 6.07) is 14.1. The lowest BCUT2D eigenvalue weighted by Crippen LogP contribution is -2.19. The Kier molecular flexibility index (Phi) is 7.73. The van der Waals surface area contributed by atoms with Crippen molar-refractivity contribution in [2.45, 2.75) is 39.6 Å². The zero-order chi connectivity index (χ0) is 18.9. The van der Waals surface area contributed by atoms with Crippen LogP contribution in [0.25, 0.3) is 0 Å². The van der Waals surface area contributed by atoms with Gasteiger partial charge >= 0.3 is 0 Å². The predicted octanol–water partition coefficient (Wildman–Crippen LogP) is 4.47. The summed E-state index contributed by atoms with van der Waals surface area (Å²) in [6.45, 7) is 8.15. The fourth-order valence-electron chi connectivity index (χ4n) is 2.53. The fourth-order valence-corrected chi connectivity index (χ4v) is 3.28. The summed E-state index contributed by atoms with van der Waals surface area (Å²) in [6.07, 6.45) is 1.78. The molecule has 0 bridgehead atoms. The smallest absolute Gasteiger partial charge is 0.250 e. The van der Waals surface area contributed by atoms with Crippen LogP contribution in [0.4, 0.5) is 0 Å². The van der Waals surface area contributed by atoms with Crippen molar-refractivity contribution in [3.8, 4) is 5.75 Å². The van der Waals surface area contributed by atoms with Gasteiger partial charge in [0, 0.05) is 5.75 Å². The van der Waals surface area contributed by atoms with Crippen molar-refractivity contribution in [3.05, 3.63) is 64.7 Å². The third-order valence-corrected chi connectivity index (χ3v) is 4.44. The molecular weight excluding hydrogens is 344 g/mol. The van der Waals surface area contributed by atoms with Crippen LogP contribution in [0.2, 0.25) is 0 Å². The SMILES string of the molecule is Cc1cc(C)cc(CSCC(=O)N/N=C/c2ccc(OC(C)C)cc2)c1. The third-order valence-electron chi connectivity index (χ3n) is 3.44. The van der Waals surface area contributed by atoms with E-state index in [9.17, 15) is 4.79 Å². The van der Waals surface area contributed by atoms with Crippen LogP contribution in [0, 0.1) is 13.8 Å².